The van der Waals surface area contributed by atoms with Crippen LogP contribution < -0.4 is 0 Å². The van der Waals surface area contributed by atoms with Crippen molar-refractivity contribution in [2.24, 2.45) is 0 Å². The van der Waals surface area contributed by atoms with Crippen LogP contribution in [0, 0.1) is 6.92 Å². The van der Waals surface area contributed by atoms with Gasteiger partial charge in [-0.1, -0.05) is 0 Å². The lowest BCUT2D eigenvalue weighted by atomic mass is 10.3. The number of hydrogen-bond acceptors (Lipinski definition) is 3. The molecule has 1 aromatic carbocycles. The molecule has 82 valence electrons. The number of benzene rings is 1. The molecular weight excluding hydrogens is 228 g/mol. The molecule has 3 N–H and O–H groups in total. The first-order valence-corrected chi connectivity index (χ1v) is 5.71. The molecule has 0 spiro atoms. The highest BCUT2D eigenvalue weighted by Crippen LogP contribution is 2.20. The van der Waals surface area contributed by atoms with Gasteiger partial charge in [0, 0.05) is 0 Å². The fourth-order valence-electron chi connectivity index (χ4n) is 1.70. The minimum atomic E-state index is -2.09. The zero-order valence-corrected chi connectivity index (χ0v) is 9.13. The van der Waals surface area contributed by atoms with Crippen LogP contribution in [0.3, 0.4) is 0 Å². The number of aromatic nitrogens is 4. The summed E-state index contributed by atoms with van der Waals surface area (Å²) < 4.78 is 19.8. The smallest absolute Gasteiger partial charge is 0.225 e. The van der Waals surface area contributed by atoms with Gasteiger partial charge in [0.15, 0.2) is 0 Å². The van der Waals surface area contributed by atoms with Crippen molar-refractivity contribution in [3.63, 3.8) is 0 Å². The maximum absolute atomic E-state index is 10.9. The van der Waals surface area contributed by atoms with Gasteiger partial charge in [-0.2, -0.15) is 0 Å². The fourth-order valence-corrected chi connectivity index (χ4v) is 2.07. The van der Waals surface area contributed by atoms with Gasteiger partial charge in [0.05, 0.1) is 22.1 Å². The number of H-pyrrole nitrogens is 2. The largest absolute Gasteiger partial charge is 0.342 e. The van der Waals surface area contributed by atoms with Crippen molar-refractivity contribution in [3.8, 4) is 0 Å². The predicted molar refractivity (Wildman–Crippen MR) is 59.5 cm³/mol. The maximum atomic E-state index is 10.9. The average molecular weight is 236 g/mol. The molecular formula is C9H8N4O2S. The molecule has 0 aliphatic heterocycles. The third-order valence-corrected chi connectivity index (χ3v) is 2.87. The number of nitrogens with one attached hydrogen (secondary N) is 2. The van der Waals surface area contributed by atoms with E-state index in [1.54, 1.807) is 6.07 Å². The lowest BCUT2D eigenvalue weighted by Gasteiger charge is -1.87. The molecule has 0 aliphatic rings. The van der Waals surface area contributed by atoms with E-state index in [2.05, 4.69) is 19.9 Å². The molecule has 3 rings (SSSR count). The first-order valence-electron chi connectivity index (χ1n) is 4.60. The minimum Gasteiger partial charge on any atom is -0.342 e. The highest BCUT2D eigenvalue weighted by atomic mass is 32.2. The molecule has 0 aliphatic carbocycles. The zero-order valence-electron chi connectivity index (χ0n) is 8.31. The predicted octanol–water partition coefficient (Wildman–Crippen LogP) is 1.33. The van der Waals surface area contributed by atoms with Crippen LogP contribution in [0.5, 0.6) is 0 Å². The van der Waals surface area contributed by atoms with Crippen molar-refractivity contribution in [2.75, 3.05) is 0 Å². The summed E-state index contributed by atoms with van der Waals surface area (Å²) in [6.45, 7) is 1.87. The highest BCUT2D eigenvalue weighted by Gasteiger charge is 2.09. The summed E-state index contributed by atoms with van der Waals surface area (Å²) in [5.74, 6) is 0.827. The van der Waals surface area contributed by atoms with E-state index in [0.29, 0.717) is 11.0 Å². The monoisotopic (exact) mass is 236 g/mol. The summed E-state index contributed by atoms with van der Waals surface area (Å²) in [5.41, 5.74) is 3.03. The van der Waals surface area contributed by atoms with Crippen molar-refractivity contribution >= 4 is 33.1 Å². The van der Waals surface area contributed by atoms with E-state index in [9.17, 15) is 4.21 Å². The van der Waals surface area contributed by atoms with Crippen LogP contribution in [-0.4, -0.2) is 28.7 Å². The van der Waals surface area contributed by atoms with Gasteiger partial charge in [0.1, 0.15) is 5.82 Å². The van der Waals surface area contributed by atoms with Gasteiger partial charge in [-0.25, -0.2) is 14.2 Å². The second-order valence-corrected chi connectivity index (χ2v) is 4.38. The van der Waals surface area contributed by atoms with Gasteiger partial charge in [-0.05, 0) is 19.1 Å². The number of imidazole rings is 2. The van der Waals surface area contributed by atoms with E-state index in [1.807, 2.05) is 13.0 Å². The maximum Gasteiger partial charge on any atom is 0.225 e. The highest BCUT2D eigenvalue weighted by molar-refractivity contribution is 7.79. The van der Waals surface area contributed by atoms with Crippen LogP contribution in [0.15, 0.2) is 17.3 Å². The van der Waals surface area contributed by atoms with Crippen LogP contribution >= 0.6 is 0 Å². The first kappa shape index (κ1) is 9.49. The minimum absolute atomic E-state index is 0.0550. The van der Waals surface area contributed by atoms with E-state index in [0.717, 1.165) is 16.9 Å². The second-order valence-electron chi connectivity index (χ2n) is 3.50. The molecule has 0 radical (unpaired) electrons. The fraction of sp³-hybridized carbons (Fsp3) is 0.111. The molecule has 0 bridgehead atoms. The van der Waals surface area contributed by atoms with Crippen molar-refractivity contribution < 1.29 is 8.76 Å². The summed E-state index contributed by atoms with van der Waals surface area (Å²) in [6, 6.07) is 3.61. The molecule has 7 heteroatoms. The number of aromatic amines is 2. The summed E-state index contributed by atoms with van der Waals surface area (Å²) in [5, 5.41) is 0.0550. The first-order chi connectivity index (χ1) is 7.63. The molecule has 2 aromatic heterocycles. The standard InChI is InChI=1S/C9H8N4O2S/c1-4-10-5-2-7-8(3-6(5)11-4)13-9(12-7)16(14)15/h2-3H,1H3,(H,10,11)(H,12,13)(H,14,15). The molecule has 2 heterocycles. The Balaban J connectivity index is 2.35. The van der Waals surface area contributed by atoms with Crippen molar-refractivity contribution in [3.05, 3.63) is 18.0 Å². The van der Waals surface area contributed by atoms with Crippen LogP contribution in [0.2, 0.25) is 0 Å². The molecule has 6 nitrogen and oxygen atoms in total. The van der Waals surface area contributed by atoms with E-state index in [1.165, 1.54) is 0 Å². The topological polar surface area (TPSA) is 94.7 Å². The number of aryl methyl sites for hydroxylation is 1. The molecule has 0 amide bonds. The zero-order chi connectivity index (χ0) is 11.3. The van der Waals surface area contributed by atoms with Crippen LogP contribution in [-0.2, 0) is 11.1 Å². The molecule has 1 atom stereocenters. The van der Waals surface area contributed by atoms with Gasteiger partial charge < -0.3 is 9.97 Å². The van der Waals surface area contributed by atoms with E-state index < -0.39 is 11.1 Å². The summed E-state index contributed by atoms with van der Waals surface area (Å²) in [4.78, 5) is 14.2. The Kier molecular flexibility index (Phi) is 1.86. The number of fused-ring (bicyclic) bond motifs is 2. The Morgan fingerprint density at radius 3 is 2.62 bits per heavy atom. The van der Waals surface area contributed by atoms with Gasteiger partial charge in [-0.15, -0.1) is 0 Å². The Labute approximate surface area is 92.4 Å². The third-order valence-electron chi connectivity index (χ3n) is 2.35. The van der Waals surface area contributed by atoms with Crippen LogP contribution in [0.25, 0.3) is 22.1 Å². The quantitative estimate of drug-likeness (QED) is 0.555. The van der Waals surface area contributed by atoms with Gasteiger partial charge in [-0.3, -0.25) is 4.55 Å². The van der Waals surface area contributed by atoms with Crippen LogP contribution in [0.4, 0.5) is 0 Å². The van der Waals surface area contributed by atoms with Gasteiger partial charge in [0.25, 0.3) is 0 Å². The SMILES string of the molecule is Cc1nc2cc3nc(S(=O)O)[nH]c3cc2[nH]1. The molecule has 1 unspecified atom stereocenters. The lowest BCUT2D eigenvalue weighted by molar-refractivity contribution is 0.557. The van der Waals surface area contributed by atoms with Crippen molar-refractivity contribution in [1.82, 2.24) is 19.9 Å². The summed E-state index contributed by atoms with van der Waals surface area (Å²) >= 11 is -2.09. The van der Waals surface area contributed by atoms with Gasteiger partial charge >= 0.3 is 0 Å². The molecule has 3 aromatic rings. The average Bonchev–Trinajstić information content (AvgIpc) is 2.74. The van der Waals surface area contributed by atoms with Gasteiger partial charge in [0.2, 0.25) is 16.2 Å². The van der Waals surface area contributed by atoms with E-state index in [4.69, 9.17) is 4.55 Å². The third kappa shape index (κ3) is 1.33. The Bertz CT molecular complexity index is 664. The summed E-state index contributed by atoms with van der Waals surface area (Å²) in [6.07, 6.45) is 0. The lowest BCUT2D eigenvalue weighted by Crippen LogP contribution is -1.89. The molecule has 0 saturated carbocycles. The molecule has 16 heavy (non-hydrogen) atoms. The van der Waals surface area contributed by atoms with Crippen molar-refractivity contribution in [1.29, 1.82) is 0 Å². The molecule has 0 fully saturated rings. The van der Waals surface area contributed by atoms with E-state index in [-0.39, 0.29) is 5.16 Å². The molecule has 0 saturated heterocycles. The number of rotatable bonds is 1. The Morgan fingerprint density at radius 1 is 1.19 bits per heavy atom. The Morgan fingerprint density at radius 2 is 1.88 bits per heavy atom. The van der Waals surface area contributed by atoms with Crippen molar-refractivity contribution in [2.45, 2.75) is 12.1 Å². The van der Waals surface area contributed by atoms with Crippen LogP contribution in [0.1, 0.15) is 5.82 Å². The number of nitrogens with zero attached hydrogens (tertiary/aromatic N) is 2. The summed E-state index contributed by atoms with van der Waals surface area (Å²) in [7, 11) is 0. The number of hydrogen-bond donors (Lipinski definition) is 3. The second kappa shape index (κ2) is 3.13. The normalized spacial score (nSPS) is 13.6. The Hall–Kier alpha value is -1.73. The van der Waals surface area contributed by atoms with E-state index >= 15 is 0 Å².